The van der Waals surface area contributed by atoms with Crippen LogP contribution in [0.1, 0.15) is 0 Å². The highest BCUT2D eigenvalue weighted by molar-refractivity contribution is 4.44. The van der Waals surface area contributed by atoms with Gasteiger partial charge in [-0.1, -0.05) is 5.11 Å². The van der Waals surface area contributed by atoms with E-state index in [-0.39, 0.29) is 0 Å². The predicted octanol–water partition coefficient (Wildman–Crippen LogP) is 1.20. The van der Waals surface area contributed by atoms with E-state index in [0.717, 1.165) is 0 Å². The number of hydrogen-bond donors (Lipinski definition) is 0. The molecular formula is C15H30N3O7. The minimum Gasteiger partial charge on any atom is -0.379 e. The van der Waals surface area contributed by atoms with Crippen LogP contribution in [0.4, 0.5) is 0 Å². The SMILES string of the molecule is [CH2]OCCOCCOCCOCCOCCOCCOCCN=[N+]=[N-]. The van der Waals surface area contributed by atoms with Gasteiger partial charge >= 0.3 is 0 Å². The fraction of sp³-hybridized carbons (Fsp3) is 0.933. The second kappa shape index (κ2) is 23.0. The predicted molar refractivity (Wildman–Crippen MR) is 90.2 cm³/mol. The molecule has 147 valence electrons. The molecule has 0 N–H and O–H groups in total. The third kappa shape index (κ3) is 23.0. The van der Waals surface area contributed by atoms with Gasteiger partial charge in [0.05, 0.1) is 93.0 Å². The molecule has 0 aliphatic rings. The molecule has 0 fully saturated rings. The quantitative estimate of drug-likeness (QED) is 0.130. The lowest BCUT2D eigenvalue weighted by molar-refractivity contribution is -0.0182. The summed E-state index contributed by atoms with van der Waals surface area (Å²) in [6.07, 6.45) is 0. The maximum absolute atomic E-state index is 8.06. The topological polar surface area (TPSA) is 113 Å². The molecule has 1 radical (unpaired) electrons. The molecule has 0 amide bonds. The summed E-state index contributed by atoms with van der Waals surface area (Å²) >= 11 is 0. The van der Waals surface area contributed by atoms with Gasteiger partial charge in [0.1, 0.15) is 0 Å². The van der Waals surface area contributed by atoms with E-state index < -0.39 is 0 Å². The van der Waals surface area contributed by atoms with Gasteiger partial charge in [-0.3, -0.25) is 0 Å². The molecule has 10 heteroatoms. The summed E-state index contributed by atoms with van der Waals surface area (Å²) in [5.41, 5.74) is 8.06. The van der Waals surface area contributed by atoms with Gasteiger partial charge in [-0.2, -0.15) is 0 Å². The first-order chi connectivity index (χ1) is 12.4. The number of ether oxygens (including phenoxy) is 7. The Labute approximate surface area is 149 Å². The summed E-state index contributed by atoms with van der Waals surface area (Å²) in [4.78, 5) is 2.62. The van der Waals surface area contributed by atoms with Crippen LogP contribution in [-0.4, -0.2) is 92.4 Å². The van der Waals surface area contributed by atoms with Crippen molar-refractivity contribution in [2.75, 3.05) is 92.4 Å². The summed E-state index contributed by atoms with van der Waals surface area (Å²) in [5, 5.41) is 3.35. The monoisotopic (exact) mass is 364 g/mol. The second-order valence-corrected chi connectivity index (χ2v) is 4.54. The zero-order chi connectivity index (χ0) is 18.3. The van der Waals surface area contributed by atoms with Gasteiger partial charge in [-0.15, -0.1) is 0 Å². The van der Waals surface area contributed by atoms with Crippen molar-refractivity contribution in [2.24, 2.45) is 5.11 Å². The molecule has 0 aromatic rings. The van der Waals surface area contributed by atoms with E-state index in [1.54, 1.807) is 0 Å². The van der Waals surface area contributed by atoms with E-state index in [2.05, 4.69) is 21.9 Å². The normalized spacial score (nSPS) is 10.8. The maximum Gasteiger partial charge on any atom is 0.0701 e. The summed E-state index contributed by atoms with van der Waals surface area (Å²) in [6.45, 7) is 6.86. The lowest BCUT2D eigenvalue weighted by atomic mass is 10.6. The van der Waals surface area contributed by atoms with Gasteiger partial charge < -0.3 is 33.2 Å². The van der Waals surface area contributed by atoms with Crippen LogP contribution < -0.4 is 0 Å². The Bertz CT molecular complexity index is 305. The third-order valence-electron chi connectivity index (χ3n) is 2.63. The summed E-state index contributed by atoms with van der Waals surface area (Å²) < 4.78 is 36.3. The smallest absolute Gasteiger partial charge is 0.0701 e. The van der Waals surface area contributed by atoms with Crippen LogP contribution in [0.5, 0.6) is 0 Å². The lowest BCUT2D eigenvalue weighted by Crippen LogP contribution is -2.14. The van der Waals surface area contributed by atoms with Crippen molar-refractivity contribution in [3.63, 3.8) is 0 Å². The standard InChI is InChI=1S/C15H30N3O7/c1-19-4-5-21-8-9-23-12-13-25-15-14-24-11-10-22-7-6-20-3-2-17-18-16/h1-15H2. The van der Waals surface area contributed by atoms with Crippen LogP contribution in [0.25, 0.3) is 10.4 Å². The van der Waals surface area contributed by atoms with E-state index in [4.69, 9.17) is 34.0 Å². The van der Waals surface area contributed by atoms with Gasteiger partial charge in [0.25, 0.3) is 0 Å². The minimum atomic E-state index is 0.338. The van der Waals surface area contributed by atoms with E-state index in [0.29, 0.717) is 92.4 Å². The fourth-order valence-electron chi connectivity index (χ4n) is 1.47. The Morgan fingerprint density at radius 1 is 0.560 bits per heavy atom. The molecule has 0 spiro atoms. The van der Waals surface area contributed by atoms with Crippen molar-refractivity contribution in [1.29, 1.82) is 0 Å². The molecule has 0 aromatic heterocycles. The van der Waals surface area contributed by atoms with E-state index in [9.17, 15) is 0 Å². The minimum absolute atomic E-state index is 0.338. The molecule has 0 aliphatic heterocycles. The molecule has 0 aliphatic carbocycles. The molecule has 0 rings (SSSR count). The molecule has 0 atom stereocenters. The molecule has 0 unspecified atom stereocenters. The Balaban J connectivity index is 2.97. The first-order valence-corrected chi connectivity index (χ1v) is 8.26. The van der Waals surface area contributed by atoms with Gasteiger partial charge in [0, 0.05) is 11.5 Å². The van der Waals surface area contributed by atoms with Crippen molar-refractivity contribution in [3.05, 3.63) is 17.6 Å². The Morgan fingerprint density at radius 3 is 1.20 bits per heavy atom. The zero-order valence-electron chi connectivity index (χ0n) is 14.8. The van der Waals surface area contributed by atoms with Crippen LogP contribution in [0.2, 0.25) is 0 Å². The third-order valence-corrected chi connectivity index (χ3v) is 2.63. The van der Waals surface area contributed by atoms with Gasteiger partial charge in [-0.25, -0.2) is 0 Å². The highest BCUT2D eigenvalue weighted by atomic mass is 16.6. The van der Waals surface area contributed by atoms with Crippen LogP contribution in [0.3, 0.4) is 0 Å². The highest BCUT2D eigenvalue weighted by Gasteiger charge is 1.94. The van der Waals surface area contributed by atoms with Crippen LogP contribution in [0.15, 0.2) is 5.11 Å². The molecule has 10 nitrogen and oxygen atoms in total. The fourth-order valence-corrected chi connectivity index (χ4v) is 1.47. The number of rotatable bonds is 21. The molecule has 0 heterocycles. The first kappa shape index (κ1) is 24.0. The largest absolute Gasteiger partial charge is 0.379 e. The molecule has 0 bridgehead atoms. The van der Waals surface area contributed by atoms with Crippen LogP contribution in [-0.2, 0) is 33.2 Å². The van der Waals surface area contributed by atoms with Crippen molar-refractivity contribution in [3.8, 4) is 0 Å². The number of azide groups is 1. The Hall–Kier alpha value is -0.970. The van der Waals surface area contributed by atoms with Gasteiger partial charge in [0.15, 0.2) is 0 Å². The number of nitrogens with zero attached hydrogens (tertiary/aromatic N) is 3. The van der Waals surface area contributed by atoms with Gasteiger partial charge in [-0.05, 0) is 5.53 Å². The summed E-state index contributed by atoms with van der Waals surface area (Å²) in [7, 11) is 3.25. The van der Waals surface area contributed by atoms with Crippen molar-refractivity contribution < 1.29 is 33.2 Å². The van der Waals surface area contributed by atoms with Crippen LogP contribution >= 0.6 is 0 Å². The van der Waals surface area contributed by atoms with Crippen molar-refractivity contribution >= 4 is 0 Å². The highest BCUT2D eigenvalue weighted by Crippen LogP contribution is 1.85. The average Bonchev–Trinajstić information content (AvgIpc) is 2.63. The van der Waals surface area contributed by atoms with E-state index in [1.807, 2.05) is 0 Å². The second-order valence-electron chi connectivity index (χ2n) is 4.54. The number of hydrogen-bond acceptors (Lipinski definition) is 8. The Morgan fingerprint density at radius 2 is 0.880 bits per heavy atom. The molecular weight excluding hydrogens is 334 g/mol. The molecule has 0 aromatic carbocycles. The van der Waals surface area contributed by atoms with E-state index in [1.165, 1.54) is 0 Å². The first-order valence-electron chi connectivity index (χ1n) is 8.26. The molecule has 0 saturated carbocycles. The zero-order valence-corrected chi connectivity index (χ0v) is 14.8. The maximum atomic E-state index is 8.06. The average molecular weight is 364 g/mol. The summed E-state index contributed by atoms with van der Waals surface area (Å²) in [5.74, 6) is 0. The van der Waals surface area contributed by atoms with Crippen LogP contribution in [0, 0.1) is 7.11 Å². The molecule has 25 heavy (non-hydrogen) atoms. The van der Waals surface area contributed by atoms with Gasteiger partial charge in [0.2, 0.25) is 0 Å². The van der Waals surface area contributed by atoms with E-state index >= 15 is 0 Å². The lowest BCUT2D eigenvalue weighted by Gasteiger charge is -2.08. The summed E-state index contributed by atoms with van der Waals surface area (Å²) in [6, 6.07) is 0. The Kier molecular flexibility index (Phi) is 22.1. The van der Waals surface area contributed by atoms with Crippen molar-refractivity contribution in [2.45, 2.75) is 0 Å². The van der Waals surface area contributed by atoms with Crippen molar-refractivity contribution in [1.82, 2.24) is 0 Å². The molecule has 0 saturated heterocycles.